The van der Waals surface area contributed by atoms with Crippen LogP contribution in [-0.2, 0) is 23.9 Å². The molecule has 0 radical (unpaired) electrons. The molecule has 6 atom stereocenters. The minimum atomic E-state index is -2.09. The van der Waals surface area contributed by atoms with Crippen LogP contribution in [0.3, 0.4) is 0 Å². The highest BCUT2D eigenvalue weighted by Crippen LogP contribution is 2.67. The first-order valence-electron chi connectivity index (χ1n) is 11.3. The summed E-state index contributed by atoms with van der Waals surface area (Å²) in [5, 5.41) is 11.0. The molecule has 0 aromatic heterocycles. The zero-order chi connectivity index (χ0) is 27.0. The van der Waals surface area contributed by atoms with E-state index in [4.69, 9.17) is 27.9 Å². The predicted octanol–water partition coefficient (Wildman–Crippen LogP) is 2.88. The van der Waals surface area contributed by atoms with Gasteiger partial charge in [-0.1, -0.05) is 33.6 Å². The fourth-order valence-corrected chi connectivity index (χ4v) is 7.75. The van der Waals surface area contributed by atoms with Crippen molar-refractivity contribution >= 4 is 68.9 Å². The lowest BCUT2D eigenvalue weighted by molar-refractivity contribution is -0.140. The number of amides is 5. The van der Waals surface area contributed by atoms with E-state index in [1.807, 2.05) is 0 Å². The molecule has 5 amide bonds. The lowest BCUT2D eigenvalue weighted by Crippen LogP contribution is -2.60. The largest absolute Gasteiger partial charge is 0.508 e. The van der Waals surface area contributed by atoms with Gasteiger partial charge in [-0.15, -0.1) is 23.2 Å². The Kier molecular flexibility index (Phi) is 6.12. The third kappa shape index (κ3) is 3.13. The molecule has 196 valence electrons. The fraction of sp³-hybridized carbons (Fsp3) is 0.458. The number of hydrogen-bond acceptors (Lipinski definition) is 8. The summed E-state index contributed by atoms with van der Waals surface area (Å²) in [6.45, 7) is 0. The van der Waals surface area contributed by atoms with E-state index in [2.05, 4.69) is 20.7 Å². The molecule has 1 saturated carbocycles. The number of rotatable bonds is 3. The Morgan fingerprint density at radius 3 is 2.46 bits per heavy atom. The van der Waals surface area contributed by atoms with Gasteiger partial charge in [-0.2, -0.15) is 4.90 Å². The summed E-state index contributed by atoms with van der Waals surface area (Å²) in [4.78, 5) is 63.3. The number of carbonyl (C=O) groups is 5. The third-order valence-electron chi connectivity index (χ3n) is 7.92. The Morgan fingerprint density at radius 1 is 1.14 bits per heavy atom. The number of ether oxygens (including phenoxy) is 2. The van der Waals surface area contributed by atoms with Gasteiger partial charge in [-0.3, -0.25) is 24.1 Å². The van der Waals surface area contributed by atoms with Crippen molar-refractivity contribution in [3.8, 4) is 11.5 Å². The van der Waals surface area contributed by atoms with Crippen LogP contribution in [-0.4, -0.2) is 74.1 Å². The number of halogens is 3. The lowest BCUT2D eigenvalue weighted by atomic mass is 9.56. The lowest BCUT2D eigenvalue weighted by Gasteiger charge is -2.50. The van der Waals surface area contributed by atoms with Crippen molar-refractivity contribution in [2.24, 2.45) is 17.8 Å². The number of fused-ring (bicyclic) bond motifs is 4. The number of nitrogens with zero attached hydrogens (tertiary/aromatic N) is 2. The van der Waals surface area contributed by atoms with Crippen LogP contribution in [0.5, 0.6) is 11.5 Å². The van der Waals surface area contributed by atoms with Gasteiger partial charge in [-0.25, -0.2) is 4.79 Å². The molecule has 1 aromatic rings. The minimum Gasteiger partial charge on any atom is -0.508 e. The van der Waals surface area contributed by atoms with Crippen LogP contribution >= 0.6 is 39.1 Å². The van der Waals surface area contributed by atoms with Crippen LogP contribution in [0.15, 0.2) is 29.8 Å². The van der Waals surface area contributed by atoms with Crippen molar-refractivity contribution < 1.29 is 38.6 Å². The molecule has 1 aromatic carbocycles. The normalized spacial score (nSPS) is 34.7. The molecule has 2 aliphatic heterocycles. The Labute approximate surface area is 229 Å². The van der Waals surface area contributed by atoms with Crippen molar-refractivity contribution in [3.63, 3.8) is 0 Å². The summed E-state index contributed by atoms with van der Waals surface area (Å²) >= 11 is 17.3. The number of hydrogen-bond donors (Lipinski definition) is 1. The smallest absolute Gasteiger partial charge is 0.423 e. The molecule has 4 aliphatic rings. The number of benzene rings is 1. The monoisotopic (exact) mass is 614 g/mol. The molecule has 0 bridgehead atoms. The Hall–Kier alpha value is -2.63. The molecule has 37 heavy (non-hydrogen) atoms. The zero-order valence-corrected chi connectivity index (χ0v) is 22.7. The Balaban J connectivity index is 1.76. The van der Waals surface area contributed by atoms with Crippen LogP contribution in [0.4, 0.5) is 4.79 Å². The highest BCUT2D eigenvalue weighted by molar-refractivity contribution is 9.09. The number of alkyl halides is 3. The second kappa shape index (κ2) is 8.71. The van der Waals surface area contributed by atoms with E-state index >= 15 is 0 Å². The summed E-state index contributed by atoms with van der Waals surface area (Å²) < 4.78 is 10.1. The molecule has 2 saturated heterocycles. The van der Waals surface area contributed by atoms with Crippen molar-refractivity contribution in [3.05, 3.63) is 35.4 Å². The number of methoxy groups -OCH3 is 2. The van der Waals surface area contributed by atoms with Crippen LogP contribution in [0, 0.1) is 17.8 Å². The number of aromatic hydroxyl groups is 1. The van der Waals surface area contributed by atoms with Crippen molar-refractivity contribution in [2.75, 3.05) is 19.7 Å². The molecule has 2 aliphatic carbocycles. The van der Waals surface area contributed by atoms with Crippen LogP contribution < -0.4 is 4.74 Å². The highest BCUT2D eigenvalue weighted by atomic mass is 79.9. The molecule has 3 fully saturated rings. The standard InChI is InChI=1S/C24H21BrCl2N2O8/c1-36-14-5-3-4-13(30)16(14)17-10-6-7-11-15(19(32)29(18(11)31)22(35)37-2)12(10)8-23(26)20(33)28(9-25)21(34)24(17,23)27/h3-6,11-12,15,17,30H,7-9H2,1-2H3/t11-,12+,15-,17+,23+,24-/m0/s1. The summed E-state index contributed by atoms with van der Waals surface area (Å²) in [5.74, 6) is -7.09. The maximum Gasteiger partial charge on any atom is 0.423 e. The van der Waals surface area contributed by atoms with Crippen LogP contribution in [0.1, 0.15) is 24.3 Å². The molecule has 10 nitrogen and oxygen atoms in total. The summed E-state index contributed by atoms with van der Waals surface area (Å²) in [5.41, 5.74) is 0.401. The van der Waals surface area contributed by atoms with Gasteiger partial charge in [-0.05, 0) is 30.9 Å². The van der Waals surface area contributed by atoms with Gasteiger partial charge in [0.05, 0.1) is 31.5 Å². The molecule has 5 rings (SSSR count). The van der Waals surface area contributed by atoms with Crippen LogP contribution in [0.25, 0.3) is 0 Å². The Morgan fingerprint density at radius 2 is 1.84 bits per heavy atom. The minimum absolute atomic E-state index is 0.0630. The van der Waals surface area contributed by atoms with Gasteiger partial charge in [0.25, 0.3) is 11.8 Å². The van der Waals surface area contributed by atoms with Crippen molar-refractivity contribution in [2.45, 2.75) is 28.5 Å². The predicted molar refractivity (Wildman–Crippen MR) is 132 cm³/mol. The first-order valence-corrected chi connectivity index (χ1v) is 13.2. The average Bonchev–Trinajstić information content (AvgIpc) is 3.22. The van der Waals surface area contributed by atoms with Crippen molar-refractivity contribution in [1.29, 1.82) is 0 Å². The first kappa shape index (κ1) is 26.0. The molecule has 2 heterocycles. The van der Waals surface area contributed by atoms with E-state index in [9.17, 15) is 29.1 Å². The summed E-state index contributed by atoms with van der Waals surface area (Å²) in [6.07, 6.45) is 0.391. The summed E-state index contributed by atoms with van der Waals surface area (Å²) in [6, 6.07) is 4.49. The maximum absolute atomic E-state index is 13.7. The van der Waals surface area contributed by atoms with Gasteiger partial charge < -0.3 is 14.6 Å². The number of allylic oxidation sites excluding steroid dienone is 2. The third-order valence-corrected chi connectivity index (χ3v) is 9.84. The summed E-state index contributed by atoms with van der Waals surface area (Å²) in [7, 11) is 2.43. The number of likely N-dealkylation sites (tertiary alicyclic amines) is 2. The molecular weight excluding hydrogens is 595 g/mol. The number of phenolic OH excluding ortho intramolecular Hbond substituents is 1. The van der Waals surface area contributed by atoms with Gasteiger partial charge >= 0.3 is 6.09 Å². The van der Waals surface area contributed by atoms with E-state index in [-0.39, 0.29) is 35.4 Å². The number of carbonyl (C=O) groups excluding carboxylic acids is 5. The number of imide groups is 4. The average molecular weight is 616 g/mol. The quantitative estimate of drug-likeness (QED) is 0.238. The van der Waals surface area contributed by atoms with E-state index in [1.165, 1.54) is 19.2 Å². The molecular formula is C24H21BrCl2N2O8. The van der Waals surface area contributed by atoms with Crippen molar-refractivity contribution in [1.82, 2.24) is 9.80 Å². The van der Waals surface area contributed by atoms with Gasteiger partial charge in [0.2, 0.25) is 11.8 Å². The molecule has 0 unspecified atom stereocenters. The topological polar surface area (TPSA) is 131 Å². The van der Waals surface area contributed by atoms with Gasteiger partial charge in [0.1, 0.15) is 11.5 Å². The van der Waals surface area contributed by atoms with E-state index in [1.54, 1.807) is 12.1 Å². The van der Waals surface area contributed by atoms with E-state index in [0.29, 0.717) is 10.5 Å². The number of phenols is 1. The zero-order valence-electron chi connectivity index (χ0n) is 19.6. The SMILES string of the molecule is COC(=O)N1C(=O)[C@H]2[C@H](CC=C3[C@H]2C[C@@]2(Cl)C(=O)N(CBr)C(=O)[C@@]2(Cl)[C@H]3c2c(O)cccc2OC)C1=O. The molecule has 0 spiro atoms. The Bertz CT molecular complexity index is 1300. The van der Waals surface area contributed by atoms with Crippen LogP contribution in [0.2, 0.25) is 0 Å². The molecule has 1 N–H and O–H groups in total. The second-order valence-electron chi connectivity index (χ2n) is 9.36. The molecule has 13 heteroatoms. The van der Waals surface area contributed by atoms with E-state index in [0.717, 1.165) is 12.0 Å². The second-order valence-corrected chi connectivity index (χ2v) is 11.1. The van der Waals surface area contributed by atoms with Gasteiger partial charge in [0, 0.05) is 11.5 Å². The van der Waals surface area contributed by atoms with E-state index < -0.39 is 63.1 Å². The fourth-order valence-electron chi connectivity index (χ4n) is 6.34. The highest BCUT2D eigenvalue weighted by Gasteiger charge is 2.77. The first-order chi connectivity index (χ1) is 17.5. The maximum atomic E-state index is 13.7. The van der Waals surface area contributed by atoms with Gasteiger partial charge in [0.15, 0.2) is 9.75 Å².